The highest BCUT2D eigenvalue weighted by Crippen LogP contribution is 2.42. The summed E-state index contributed by atoms with van der Waals surface area (Å²) in [5.41, 5.74) is 7.75. The van der Waals surface area contributed by atoms with Gasteiger partial charge >= 0.3 is 0 Å². The number of aryl methyl sites for hydroxylation is 2. The fourth-order valence-corrected chi connectivity index (χ4v) is 4.28. The molecule has 3 heteroatoms. The Hall–Kier alpha value is -3.43. The van der Waals surface area contributed by atoms with Gasteiger partial charge in [-0.2, -0.15) is 0 Å². The third-order valence-corrected chi connectivity index (χ3v) is 5.70. The van der Waals surface area contributed by atoms with Crippen molar-refractivity contribution in [2.24, 2.45) is 0 Å². The van der Waals surface area contributed by atoms with Crippen LogP contribution in [0.3, 0.4) is 0 Å². The number of rotatable bonds is 5. The Kier molecular flexibility index (Phi) is 6.09. The Morgan fingerprint density at radius 1 is 0.879 bits per heavy atom. The molecule has 1 heterocycles. The van der Waals surface area contributed by atoms with Gasteiger partial charge < -0.3 is 9.84 Å². The third-order valence-electron chi connectivity index (χ3n) is 5.70. The SMILES string of the molecule is C=C(O)C(OC(C)(C)C)c1c(C)cc2nc(C)ccc2c1-c1ccc(-c2ccccc2)cc1. The Morgan fingerprint density at radius 2 is 1.48 bits per heavy atom. The average Bonchev–Trinajstić information content (AvgIpc) is 2.77. The Bertz CT molecular complexity index is 1300. The molecule has 1 N–H and O–H groups in total. The lowest BCUT2D eigenvalue weighted by atomic mass is 9.87. The van der Waals surface area contributed by atoms with E-state index in [1.54, 1.807) is 0 Å². The van der Waals surface area contributed by atoms with Crippen molar-refractivity contribution in [1.29, 1.82) is 0 Å². The summed E-state index contributed by atoms with van der Waals surface area (Å²) in [6.07, 6.45) is -0.653. The molecule has 0 aliphatic rings. The summed E-state index contributed by atoms with van der Waals surface area (Å²) in [6, 6.07) is 25.1. The van der Waals surface area contributed by atoms with E-state index in [9.17, 15) is 5.11 Å². The molecule has 0 saturated heterocycles. The van der Waals surface area contributed by atoms with Gasteiger partial charge in [-0.15, -0.1) is 0 Å². The summed E-state index contributed by atoms with van der Waals surface area (Å²) in [6.45, 7) is 13.9. The largest absolute Gasteiger partial charge is 0.510 e. The number of benzene rings is 3. The lowest BCUT2D eigenvalue weighted by molar-refractivity contribution is -0.0594. The van der Waals surface area contributed by atoms with Crippen LogP contribution in [0.2, 0.25) is 0 Å². The summed E-state index contributed by atoms with van der Waals surface area (Å²) >= 11 is 0. The van der Waals surface area contributed by atoms with Crippen LogP contribution in [0.1, 0.15) is 43.7 Å². The van der Waals surface area contributed by atoms with Crippen LogP contribution in [0.25, 0.3) is 33.2 Å². The van der Waals surface area contributed by atoms with E-state index in [4.69, 9.17) is 9.72 Å². The Morgan fingerprint density at radius 3 is 2.09 bits per heavy atom. The standard InChI is InChI=1S/C30H31NO2/c1-19-18-26-25(17-12-20(2)31-26)28(27(19)29(21(3)32)33-30(4,5)6)24-15-13-23(14-16-24)22-10-8-7-9-11-22/h7-18,29,32H,3H2,1-2,4-6H3. The highest BCUT2D eigenvalue weighted by molar-refractivity contribution is 5.98. The predicted molar refractivity (Wildman–Crippen MR) is 137 cm³/mol. The second kappa shape index (κ2) is 8.84. The first-order chi connectivity index (χ1) is 15.6. The second-order valence-corrected chi connectivity index (χ2v) is 9.55. The van der Waals surface area contributed by atoms with E-state index in [-0.39, 0.29) is 5.76 Å². The van der Waals surface area contributed by atoms with Crippen molar-refractivity contribution < 1.29 is 9.84 Å². The van der Waals surface area contributed by atoms with Gasteiger partial charge in [0.2, 0.25) is 0 Å². The molecule has 0 fully saturated rings. The number of fused-ring (bicyclic) bond motifs is 1. The number of aromatic nitrogens is 1. The molecule has 0 bridgehead atoms. The van der Waals surface area contributed by atoms with Crippen LogP contribution in [-0.4, -0.2) is 15.7 Å². The average molecular weight is 438 g/mol. The number of hydrogen-bond acceptors (Lipinski definition) is 3. The Labute approximate surface area is 196 Å². The summed E-state index contributed by atoms with van der Waals surface area (Å²) in [7, 11) is 0. The molecule has 0 amide bonds. The molecule has 3 aromatic carbocycles. The van der Waals surface area contributed by atoms with Crippen LogP contribution >= 0.6 is 0 Å². The first-order valence-electron chi connectivity index (χ1n) is 11.3. The van der Waals surface area contributed by atoms with Crippen LogP contribution in [0.15, 0.2) is 85.1 Å². The van der Waals surface area contributed by atoms with Gasteiger partial charge in [0.1, 0.15) is 11.9 Å². The van der Waals surface area contributed by atoms with E-state index in [2.05, 4.69) is 55.1 Å². The molecule has 0 spiro atoms. The van der Waals surface area contributed by atoms with Crippen molar-refractivity contribution in [1.82, 2.24) is 4.98 Å². The van der Waals surface area contributed by atoms with Gasteiger partial charge in [0.15, 0.2) is 0 Å². The molecule has 0 aliphatic heterocycles. The zero-order chi connectivity index (χ0) is 23.8. The molecule has 168 valence electrons. The predicted octanol–water partition coefficient (Wildman–Crippen LogP) is 8.11. The summed E-state index contributed by atoms with van der Waals surface area (Å²) in [5, 5.41) is 11.6. The van der Waals surface area contributed by atoms with Crippen molar-refractivity contribution in [2.75, 3.05) is 0 Å². The van der Waals surface area contributed by atoms with Crippen molar-refractivity contribution >= 4 is 10.9 Å². The summed E-state index contributed by atoms with van der Waals surface area (Å²) < 4.78 is 6.32. The molecular formula is C30H31NO2. The number of hydrogen-bond donors (Lipinski definition) is 1. The highest BCUT2D eigenvalue weighted by atomic mass is 16.5. The molecule has 4 rings (SSSR count). The van der Waals surface area contributed by atoms with Crippen LogP contribution in [0, 0.1) is 13.8 Å². The van der Waals surface area contributed by atoms with Crippen molar-refractivity contribution in [2.45, 2.75) is 46.3 Å². The van der Waals surface area contributed by atoms with E-state index in [1.807, 2.05) is 58.9 Å². The number of pyridine rings is 1. The molecule has 1 atom stereocenters. The normalized spacial score (nSPS) is 12.6. The Balaban J connectivity index is 1.97. The summed E-state index contributed by atoms with van der Waals surface area (Å²) in [5.74, 6) is -0.00500. The second-order valence-electron chi connectivity index (χ2n) is 9.55. The minimum Gasteiger partial charge on any atom is -0.510 e. The smallest absolute Gasteiger partial charge is 0.140 e. The maximum absolute atomic E-state index is 10.6. The maximum Gasteiger partial charge on any atom is 0.140 e. The third kappa shape index (κ3) is 4.84. The van der Waals surface area contributed by atoms with Gasteiger partial charge in [0.25, 0.3) is 0 Å². The number of aliphatic hydroxyl groups excluding tert-OH is 1. The van der Waals surface area contributed by atoms with Crippen LogP contribution < -0.4 is 0 Å². The van der Waals surface area contributed by atoms with Crippen molar-refractivity contribution in [3.63, 3.8) is 0 Å². The van der Waals surface area contributed by atoms with E-state index < -0.39 is 11.7 Å². The fraction of sp³-hybridized carbons (Fsp3) is 0.233. The van der Waals surface area contributed by atoms with Gasteiger partial charge in [-0.1, -0.05) is 67.2 Å². The first kappa shape index (κ1) is 22.8. The van der Waals surface area contributed by atoms with Gasteiger partial charge in [0, 0.05) is 11.1 Å². The van der Waals surface area contributed by atoms with Crippen LogP contribution in [0.5, 0.6) is 0 Å². The van der Waals surface area contributed by atoms with Gasteiger partial charge in [-0.25, -0.2) is 0 Å². The van der Waals surface area contributed by atoms with Crippen molar-refractivity contribution in [3.05, 3.63) is 102 Å². The monoisotopic (exact) mass is 437 g/mol. The highest BCUT2D eigenvalue weighted by Gasteiger charge is 2.28. The number of aliphatic hydroxyl groups is 1. The van der Waals surface area contributed by atoms with E-state index in [0.29, 0.717) is 0 Å². The van der Waals surface area contributed by atoms with E-state index >= 15 is 0 Å². The zero-order valence-electron chi connectivity index (χ0n) is 20.0. The van der Waals surface area contributed by atoms with Crippen molar-refractivity contribution in [3.8, 4) is 22.3 Å². The topological polar surface area (TPSA) is 42.4 Å². The fourth-order valence-electron chi connectivity index (χ4n) is 4.28. The molecule has 0 aliphatic carbocycles. The molecule has 0 radical (unpaired) electrons. The van der Waals surface area contributed by atoms with Gasteiger partial charge in [0.05, 0.1) is 11.1 Å². The molecule has 0 saturated carbocycles. The quantitative estimate of drug-likeness (QED) is 0.321. The van der Waals surface area contributed by atoms with Crippen LogP contribution in [0.4, 0.5) is 0 Å². The molecule has 1 unspecified atom stereocenters. The zero-order valence-corrected chi connectivity index (χ0v) is 20.0. The van der Waals surface area contributed by atoms with E-state index in [1.165, 1.54) is 5.56 Å². The summed E-state index contributed by atoms with van der Waals surface area (Å²) in [4.78, 5) is 4.78. The van der Waals surface area contributed by atoms with Crippen LogP contribution in [-0.2, 0) is 4.74 Å². The van der Waals surface area contributed by atoms with Gasteiger partial charge in [-0.05, 0) is 80.1 Å². The first-order valence-corrected chi connectivity index (χ1v) is 11.3. The minimum absolute atomic E-state index is 0.00500. The molecule has 33 heavy (non-hydrogen) atoms. The lowest BCUT2D eigenvalue weighted by Crippen LogP contribution is -2.24. The van der Waals surface area contributed by atoms with E-state index in [0.717, 1.165) is 44.4 Å². The maximum atomic E-state index is 10.6. The number of ether oxygens (including phenoxy) is 1. The molecule has 3 nitrogen and oxygen atoms in total. The minimum atomic E-state index is -0.653. The number of nitrogens with zero attached hydrogens (tertiary/aromatic N) is 1. The molecular weight excluding hydrogens is 406 g/mol. The molecule has 1 aromatic heterocycles. The lowest BCUT2D eigenvalue weighted by Gasteiger charge is -2.30. The molecule has 4 aromatic rings. The van der Waals surface area contributed by atoms with Gasteiger partial charge in [-0.3, -0.25) is 4.98 Å².